The molecule has 0 heterocycles. The third kappa shape index (κ3) is 15.5. The number of nitrogens with zero attached hydrogens (tertiary/aromatic N) is 2. The Morgan fingerprint density at radius 2 is 1.18 bits per heavy atom. The Labute approximate surface area is 256 Å². The van der Waals surface area contributed by atoms with Crippen LogP contribution in [0.4, 0.5) is 0 Å². The molecule has 0 spiro atoms. The summed E-state index contributed by atoms with van der Waals surface area (Å²) in [6.45, 7) is 0.785. The van der Waals surface area contributed by atoms with Crippen molar-refractivity contribution in [3.05, 3.63) is 29.8 Å². The Morgan fingerprint density at radius 1 is 0.705 bits per heavy atom. The average Bonchev–Trinajstić information content (AvgIpc) is 2.96. The van der Waals surface area contributed by atoms with Crippen LogP contribution in [0.2, 0.25) is 0 Å². The number of unbranched alkanes of at least 4 members (excludes halogenated alkanes) is 1. The van der Waals surface area contributed by atoms with Crippen LogP contribution < -0.4 is 50.4 Å². The minimum absolute atomic E-state index is 0.00433. The Bertz CT molecular complexity index is 1120. The number of carboxylic acids is 1. The maximum Gasteiger partial charge on any atom is 0.326 e. The minimum atomic E-state index is -1.34. The number of rotatable bonds is 21. The molecule has 4 unspecified atom stereocenters. The molecule has 0 fully saturated rings. The normalized spacial score (nSPS) is 13.4. The Balaban J connectivity index is 3.12. The molecule has 17 N–H and O–H groups in total. The van der Waals surface area contributed by atoms with Crippen LogP contribution in [-0.2, 0) is 25.6 Å². The van der Waals surface area contributed by atoms with E-state index in [-0.39, 0.29) is 56.4 Å². The number of aromatic hydroxyl groups is 1. The first-order valence-electron chi connectivity index (χ1n) is 14.3. The SMILES string of the molecule is NCCCCC(N)C(=O)NC(CCCN=C(N)N)C(=O)NC(CCCN=C(N)N)C(=O)NC(Cc1ccc(O)cc1)C(=O)O. The highest BCUT2D eigenvalue weighted by atomic mass is 16.4. The number of hydrogen-bond donors (Lipinski definition) is 11. The Morgan fingerprint density at radius 3 is 1.64 bits per heavy atom. The van der Waals surface area contributed by atoms with E-state index in [2.05, 4.69) is 25.9 Å². The van der Waals surface area contributed by atoms with Gasteiger partial charge in [-0.1, -0.05) is 18.6 Å². The van der Waals surface area contributed by atoms with E-state index in [4.69, 9.17) is 34.4 Å². The highest BCUT2D eigenvalue weighted by Gasteiger charge is 2.30. The average molecular weight is 622 g/mol. The van der Waals surface area contributed by atoms with Crippen LogP contribution in [0.5, 0.6) is 5.75 Å². The molecule has 0 bridgehead atoms. The Hall–Kier alpha value is -4.64. The molecule has 17 nitrogen and oxygen atoms in total. The minimum Gasteiger partial charge on any atom is -0.508 e. The highest BCUT2D eigenvalue weighted by molar-refractivity contribution is 5.94. The van der Waals surface area contributed by atoms with Crippen molar-refractivity contribution in [2.24, 2.45) is 44.4 Å². The molecule has 1 rings (SSSR count). The van der Waals surface area contributed by atoms with Crippen LogP contribution in [-0.4, -0.2) is 89.6 Å². The fourth-order valence-corrected chi connectivity index (χ4v) is 4.08. The largest absolute Gasteiger partial charge is 0.508 e. The monoisotopic (exact) mass is 621 g/mol. The first-order chi connectivity index (χ1) is 20.8. The number of guanidine groups is 2. The van der Waals surface area contributed by atoms with Crippen molar-refractivity contribution in [3.8, 4) is 5.75 Å². The zero-order valence-electron chi connectivity index (χ0n) is 24.8. The molecular formula is C27H47N11O6. The van der Waals surface area contributed by atoms with E-state index in [1.807, 2.05) is 0 Å². The molecule has 246 valence electrons. The number of hydrogen-bond acceptors (Lipinski definition) is 9. The van der Waals surface area contributed by atoms with E-state index in [0.29, 0.717) is 37.8 Å². The molecule has 44 heavy (non-hydrogen) atoms. The number of carbonyl (C=O) groups excluding carboxylic acids is 3. The summed E-state index contributed by atoms with van der Waals surface area (Å²) in [5, 5.41) is 27.0. The summed E-state index contributed by atoms with van der Waals surface area (Å²) in [6.07, 6.45) is 2.33. The molecule has 1 aromatic rings. The lowest BCUT2D eigenvalue weighted by molar-refractivity contribution is -0.142. The van der Waals surface area contributed by atoms with E-state index >= 15 is 0 Å². The second-order valence-electron chi connectivity index (χ2n) is 10.2. The first-order valence-corrected chi connectivity index (χ1v) is 14.3. The molecule has 4 atom stereocenters. The summed E-state index contributed by atoms with van der Waals surface area (Å²) in [5.74, 6) is -3.59. The van der Waals surface area contributed by atoms with Crippen LogP contribution in [0.1, 0.15) is 50.5 Å². The van der Waals surface area contributed by atoms with Gasteiger partial charge in [-0.05, 0) is 62.8 Å². The summed E-state index contributed by atoms with van der Waals surface area (Å²) in [4.78, 5) is 59.3. The van der Waals surface area contributed by atoms with Crippen molar-refractivity contribution in [3.63, 3.8) is 0 Å². The third-order valence-corrected chi connectivity index (χ3v) is 6.45. The molecule has 0 saturated carbocycles. The van der Waals surface area contributed by atoms with Crippen molar-refractivity contribution < 1.29 is 29.4 Å². The van der Waals surface area contributed by atoms with Crippen LogP contribution in [0.15, 0.2) is 34.3 Å². The summed E-state index contributed by atoms with van der Waals surface area (Å²) in [7, 11) is 0. The summed E-state index contributed by atoms with van der Waals surface area (Å²) in [6, 6.07) is 1.33. The lowest BCUT2D eigenvalue weighted by Gasteiger charge is -2.25. The highest BCUT2D eigenvalue weighted by Crippen LogP contribution is 2.12. The molecule has 17 heteroatoms. The Kier molecular flexibility index (Phi) is 17.2. The second kappa shape index (κ2) is 20.3. The maximum absolute atomic E-state index is 13.4. The topological polar surface area (TPSA) is 326 Å². The van der Waals surface area contributed by atoms with E-state index in [1.54, 1.807) is 0 Å². The van der Waals surface area contributed by atoms with Gasteiger partial charge in [-0.25, -0.2) is 4.79 Å². The molecule has 0 radical (unpaired) electrons. The molecule has 0 aliphatic rings. The molecule has 0 aliphatic carbocycles. The number of nitrogens with two attached hydrogens (primary N) is 6. The van der Waals surface area contributed by atoms with Gasteiger partial charge in [0.25, 0.3) is 0 Å². The van der Waals surface area contributed by atoms with Gasteiger partial charge in [-0.15, -0.1) is 0 Å². The van der Waals surface area contributed by atoms with Gasteiger partial charge in [-0.3, -0.25) is 24.4 Å². The van der Waals surface area contributed by atoms with Gasteiger partial charge in [0.15, 0.2) is 11.9 Å². The van der Waals surface area contributed by atoms with Crippen molar-refractivity contribution in [2.75, 3.05) is 19.6 Å². The number of amides is 3. The standard InChI is InChI=1S/C27H47N11O6/c28-12-2-1-5-18(29)22(40)36-19(6-3-13-34-26(30)31)23(41)37-20(7-4-14-35-27(32)33)24(42)38-21(25(43)44)15-16-8-10-17(39)11-9-16/h8-11,18-21,39H,1-7,12-15,28-29H2,(H,36,40)(H,37,41)(H,38,42)(H,43,44)(H4,30,31,34)(H4,32,33,35). The molecule has 0 aromatic heterocycles. The lowest BCUT2D eigenvalue weighted by Crippen LogP contribution is -2.57. The third-order valence-electron chi connectivity index (χ3n) is 6.45. The number of carbonyl (C=O) groups is 4. The molecule has 3 amide bonds. The molecule has 0 aliphatic heterocycles. The van der Waals surface area contributed by atoms with Gasteiger partial charge in [0.2, 0.25) is 17.7 Å². The van der Waals surface area contributed by atoms with Crippen LogP contribution in [0.3, 0.4) is 0 Å². The van der Waals surface area contributed by atoms with Crippen molar-refractivity contribution in [1.29, 1.82) is 0 Å². The van der Waals surface area contributed by atoms with Gasteiger partial charge in [0.1, 0.15) is 23.9 Å². The van der Waals surface area contributed by atoms with E-state index in [9.17, 15) is 29.4 Å². The number of benzene rings is 1. The zero-order chi connectivity index (χ0) is 33.1. The van der Waals surface area contributed by atoms with E-state index in [0.717, 1.165) is 0 Å². The molecule has 0 saturated heterocycles. The summed E-state index contributed by atoms with van der Waals surface area (Å²) < 4.78 is 0. The van der Waals surface area contributed by atoms with Crippen molar-refractivity contribution in [2.45, 2.75) is 75.5 Å². The summed E-state index contributed by atoms with van der Waals surface area (Å²) >= 11 is 0. The van der Waals surface area contributed by atoms with E-state index < -0.39 is 47.9 Å². The molecular weight excluding hydrogens is 574 g/mol. The fourth-order valence-electron chi connectivity index (χ4n) is 4.08. The fraction of sp³-hybridized carbons (Fsp3) is 0.556. The van der Waals surface area contributed by atoms with Crippen LogP contribution in [0.25, 0.3) is 0 Å². The quantitative estimate of drug-likeness (QED) is 0.0372. The second-order valence-corrected chi connectivity index (χ2v) is 10.2. The number of nitrogens with one attached hydrogen (secondary N) is 3. The first kappa shape index (κ1) is 37.4. The van der Waals surface area contributed by atoms with Gasteiger partial charge in [0, 0.05) is 19.5 Å². The predicted octanol–water partition coefficient (Wildman–Crippen LogP) is -2.96. The lowest BCUT2D eigenvalue weighted by atomic mass is 10.0. The zero-order valence-corrected chi connectivity index (χ0v) is 24.8. The van der Waals surface area contributed by atoms with Gasteiger partial charge < -0.3 is 60.6 Å². The van der Waals surface area contributed by atoms with Crippen LogP contribution >= 0.6 is 0 Å². The number of aliphatic carboxylic acids is 1. The van der Waals surface area contributed by atoms with Crippen molar-refractivity contribution >= 4 is 35.6 Å². The van der Waals surface area contributed by atoms with Crippen LogP contribution in [0, 0.1) is 0 Å². The number of phenols is 1. The maximum atomic E-state index is 13.4. The van der Waals surface area contributed by atoms with Crippen molar-refractivity contribution in [1.82, 2.24) is 16.0 Å². The number of phenolic OH excluding ortho intramolecular Hbond substituents is 1. The van der Waals surface area contributed by atoms with Gasteiger partial charge in [0.05, 0.1) is 6.04 Å². The number of carboxylic acid groups (broad SMARTS) is 1. The van der Waals surface area contributed by atoms with Gasteiger partial charge >= 0.3 is 5.97 Å². The summed E-state index contributed by atoms with van der Waals surface area (Å²) in [5.41, 5.74) is 33.5. The number of aliphatic imine (C=N–C) groups is 2. The predicted molar refractivity (Wildman–Crippen MR) is 166 cm³/mol. The van der Waals surface area contributed by atoms with Gasteiger partial charge in [-0.2, -0.15) is 0 Å². The smallest absolute Gasteiger partial charge is 0.326 e. The van der Waals surface area contributed by atoms with E-state index in [1.165, 1.54) is 24.3 Å². The molecule has 1 aromatic carbocycles.